The highest BCUT2D eigenvalue weighted by Gasteiger charge is 2.20. The molecule has 1 rings (SSSR count). The van der Waals surface area contributed by atoms with Gasteiger partial charge in [-0.15, -0.1) is 0 Å². The average molecular weight is 211 g/mol. The molecule has 1 heteroatoms. The van der Waals surface area contributed by atoms with Crippen molar-refractivity contribution in [3.63, 3.8) is 0 Å². The van der Waals surface area contributed by atoms with Crippen LogP contribution in [0.15, 0.2) is 0 Å². The Hall–Kier alpha value is -0.0400. The Bertz CT molecular complexity index is 149. The Kier molecular flexibility index (Phi) is 6.31. The van der Waals surface area contributed by atoms with Crippen LogP contribution in [0.25, 0.3) is 0 Å². The van der Waals surface area contributed by atoms with Crippen LogP contribution in [0.5, 0.6) is 0 Å². The molecule has 0 aromatic rings. The molecule has 1 aliphatic carbocycles. The maximum Gasteiger partial charge on any atom is 0.00694 e. The third-order valence-corrected chi connectivity index (χ3v) is 3.90. The summed E-state index contributed by atoms with van der Waals surface area (Å²) in [5.74, 6) is 0.947. The SMILES string of the molecule is CCCCC(C)NC(C)C1CCCCC1. The van der Waals surface area contributed by atoms with E-state index >= 15 is 0 Å². The number of unbranched alkanes of at least 4 members (excludes halogenated alkanes) is 1. The van der Waals surface area contributed by atoms with Crippen LogP contribution < -0.4 is 5.32 Å². The first kappa shape index (κ1) is 13.0. The van der Waals surface area contributed by atoms with E-state index in [0.717, 1.165) is 12.0 Å². The molecule has 0 saturated heterocycles. The summed E-state index contributed by atoms with van der Waals surface area (Å²) in [6, 6.07) is 1.44. The highest BCUT2D eigenvalue weighted by atomic mass is 14.9. The van der Waals surface area contributed by atoms with E-state index in [0.29, 0.717) is 6.04 Å². The van der Waals surface area contributed by atoms with Crippen LogP contribution in [0.2, 0.25) is 0 Å². The number of rotatable bonds is 6. The van der Waals surface area contributed by atoms with Gasteiger partial charge in [0.2, 0.25) is 0 Å². The van der Waals surface area contributed by atoms with Crippen LogP contribution in [0, 0.1) is 5.92 Å². The molecule has 2 unspecified atom stereocenters. The van der Waals surface area contributed by atoms with Gasteiger partial charge in [0.15, 0.2) is 0 Å². The van der Waals surface area contributed by atoms with Gasteiger partial charge in [-0.3, -0.25) is 0 Å². The van der Waals surface area contributed by atoms with Crippen molar-refractivity contribution in [3.8, 4) is 0 Å². The predicted octanol–water partition coefficient (Wildman–Crippen LogP) is 4.12. The van der Waals surface area contributed by atoms with E-state index in [1.807, 2.05) is 0 Å². The maximum atomic E-state index is 3.78. The Labute approximate surface area is 96.0 Å². The molecule has 1 N–H and O–H groups in total. The van der Waals surface area contributed by atoms with Crippen molar-refractivity contribution in [1.29, 1.82) is 0 Å². The summed E-state index contributed by atoms with van der Waals surface area (Å²) in [5.41, 5.74) is 0. The summed E-state index contributed by atoms with van der Waals surface area (Å²) in [7, 11) is 0. The Morgan fingerprint density at radius 2 is 1.80 bits per heavy atom. The summed E-state index contributed by atoms with van der Waals surface area (Å²) in [6.07, 6.45) is 11.3. The van der Waals surface area contributed by atoms with E-state index in [1.165, 1.54) is 51.4 Å². The molecule has 2 atom stereocenters. The molecule has 1 nitrogen and oxygen atoms in total. The van der Waals surface area contributed by atoms with Crippen molar-refractivity contribution in [3.05, 3.63) is 0 Å². The molecule has 90 valence electrons. The summed E-state index contributed by atoms with van der Waals surface area (Å²) in [6.45, 7) is 7.00. The molecule has 0 amide bonds. The van der Waals surface area contributed by atoms with Gasteiger partial charge in [0.25, 0.3) is 0 Å². The zero-order valence-corrected chi connectivity index (χ0v) is 10.9. The second-order valence-corrected chi connectivity index (χ2v) is 5.40. The van der Waals surface area contributed by atoms with Crippen LogP contribution in [-0.4, -0.2) is 12.1 Å². The summed E-state index contributed by atoms with van der Waals surface area (Å²) in [4.78, 5) is 0. The van der Waals surface area contributed by atoms with Crippen molar-refractivity contribution >= 4 is 0 Å². The fourth-order valence-electron chi connectivity index (χ4n) is 2.81. The van der Waals surface area contributed by atoms with Crippen LogP contribution >= 0.6 is 0 Å². The van der Waals surface area contributed by atoms with Crippen molar-refractivity contribution in [1.82, 2.24) is 5.32 Å². The predicted molar refractivity (Wildman–Crippen MR) is 68.2 cm³/mol. The minimum Gasteiger partial charge on any atom is -0.312 e. The number of nitrogens with one attached hydrogen (secondary N) is 1. The van der Waals surface area contributed by atoms with Crippen LogP contribution in [0.3, 0.4) is 0 Å². The first-order chi connectivity index (χ1) is 7.24. The smallest absolute Gasteiger partial charge is 0.00694 e. The average Bonchev–Trinajstić information content (AvgIpc) is 2.27. The van der Waals surface area contributed by atoms with Crippen molar-refractivity contribution in [2.24, 2.45) is 5.92 Å². The van der Waals surface area contributed by atoms with E-state index in [9.17, 15) is 0 Å². The van der Waals surface area contributed by atoms with E-state index < -0.39 is 0 Å². The quantitative estimate of drug-likeness (QED) is 0.697. The van der Waals surface area contributed by atoms with Crippen molar-refractivity contribution in [2.45, 2.75) is 84.2 Å². The highest BCUT2D eigenvalue weighted by molar-refractivity contribution is 4.78. The second-order valence-electron chi connectivity index (χ2n) is 5.40. The molecule has 0 aromatic heterocycles. The molecule has 1 aliphatic rings. The molecule has 0 radical (unpaired) electrons. The lowest BCUT2D eigenvalue weighted by Crippen LogP contribution is -2.40. The van der Waals surface area contributed by atoms with E-state index in [4.69, 9.17) is 0 Å². The Morgan fingerprint density at radius 1 is 1.13 bits per heavy atom. The van der Waals surface area contributed by atoms with Gasteiger partial charge in [-0.25, -0.2) is 0 Å². The minimum absolute atomic E-state index is 0.710. The topological polar surface area (TPSA) is 12.0 Å². The summed E-state index contributed by atoms with van der Waals surface area (Å²) in [5, 5.41) is 3.78. The molecule has 0 aliphatic heterocycles. The zero-order chi connectivity index (χ0) is 11.1. The number of hydrogen-bond donors (Lipinski definition) is 1. The highest BCUT2D eigenvalue weighted by Crippen LogP contribution is 2.26. The van der Waals surface area contributed by atoms with Crippen LogP contribution in [0.1, 0.15) is 72.1 Å². The first-order valence-corrected chi connectivity index (χ1v) is 7.00. The monoisotopic (exact) mass is 211 g/mol. The molecule has 1 fully saturated rings. The van der Waals surface area contributed by atoms with Gasteiger partial charge in [-0.05, 0) is 39.0 Å². The molecular weight excluding hydrogens is 182 g/mol. The summed E-state index contributed by atoms with van der Waals surface area (Å²) < 4.78 is 0. The lowest BCUT2D eigenvalue weighted by Gasteiger charge is -2.30. The van der Waals surface area contributed by atoms with Gasteiger partial charge >= 0.3 is 0 Å². The van der Waals surface area contributed by atoms with E-state index in [-0.39, 0.29) is 0 Å². The standard InChI is InChI=1S/C14H29N/c1-4-5-9-12(2)15-13(3)14-10-7-6-8-11-14/h12-15H,4-11H2,1-3H3. The molecule has 0 heterocycles. The third-order valence-electron chi connectivity index (χ3n) is 3.90. The van der Waals surface area contributed by atoms with E-state index in [1.54, 1.807) is 0 Å². The van der Waals surface area contributed by atoms with Gasteiger partial charge < -0.3 is 5.32 Å². The van der Waals surface area contributed by atoms with E-state index in [2.05, 4.69) is 26.1 Å². The van der Waals surface area contributed by atoms with Crippen molar-refractivity contribution in [2.75, 3.05) is 0 Å². The fraction of sp³-hybridized carbons (Fsp3) is 1.00. The van der Waals surface area contributed by atoms with Crippen molar-refractivity contribution < 1.29 is 0 Å². The Balaban J connectivity index is 2.17. The molecule has 0 aromatic carbocycles. The first-order valence-electron chi connectivity index (χ1n) is 7.00. The minimum atomic E-state index is 0.710. The van der Waals surface area contributed by atoms with Gasteiger partial charge in [-0.1, -0.05) is 39.0 Å². The number of hydrogen-bond acceptors (Lipinski definition) is 1. The molecule has 15 heavy (non-hydrogen) atoms. The van der Waals surface area contributed by atoms with Crippen LogP contribution in [-0.2, 0) is 0 Å². The molecule has 0 bridgehead atoms. The zero-order valence-electron chi connectivity index (χ0n) is 10.9. The lowest BCUT2D eigenvalue weighted by molar-refractivity contribution is 0.263. The van der Waals surface area contributed by atoms with Gasteiger partial charge in [-0.2, -0.15) is 0 Å². The Morgan fingerprint density at radius 3 is 2.40 bits per heavy atom. The largest absolute Gasteiger partial charge is 0.312 e. The molecule has 1 saturated carbocycles. The maximum absolute atomic E-state index is 3.78. The lowest BCUT2D eigenvalue weighted by atomic mass is 9.84. The van der Waals surface area contributed by atoms with Gasteiger partial charge in [0.1, 0.15) is 0 Å². The normalized spacial score (nSPS) is 22.6. The van der Waals surface area contributed by atoms with Gasteiger partial charge in [0.05, 0.1) is 0 Å². The molecular formula is C14H29N. The molecule has 0 spiro atoms. The fourth-order valence-corrected chi connectivity index (χ4v) is 2.81. The van der Waals surface area contributed by atoms with Crippen LogP contribution in [0.4, 0.5) is 0 Å². The second kappa shape index (κ2) is 7.27. The third kappa shape index (κ3) is 5.01. The van der Waals surface area contributed by atoms with Gasteiger partial charge in [0, 0.05) is 12.1 Å². The summed E-state index contributed by atoms with van der Waals surface area (Å²) >= 11 is 0.